The van der Waals surface area contributed by atoms with Crippen LogP contribution >= 0.6 is 0 Å². The molecule has 0 spiro atoms. The van der Waals surface area contributed by atoms with Crippen LogP contribution in [0.25, 0.3) is 0 Å². The monoisotopic (exact) mass is 155 g/mol. The van der Waals surface area contributed by atoms with Crippen LogP contribution in [0.2, 0.25) is 0 Å². The first-order valence-corrected chi connectivity index (χ1v) is 5.03. The molecule has 0 aromatic rings. The highest BCUT2D eigenvalue weighted by Gasteiger charge is 2.14. The lowest BCUT2D eigenvalue weighted by molar-refractivity contribution is 0.308. The molecule has 0 amide bonds. The van der Waals surface area contributed by atoms with Gasteiger partial charge in [0.2, 0.25) is 0 Å². The SMILES string of the molecule is CCC(C)CC1CCCNC1. The first kappa shape index (κ1) is 9.05. The van der Waals surface area contributed by atoms with Crippen LogP contribution < -0.4 is 5.32 Å². The molecule has 2 unspecified atom stereocenters. The summed E-state index contributed by atoms with van der Waals surface area (Å²) in [5, 5.41) is 3.46. The summed E-state index contributed by atoms with van der Waals surface area (Å²) in [5.41, 5.74) is 0. The number of nitrogens with one attached hydrogen (secondary N) is 1. The van der Waals surface area contributed by atoms with E-state index in [2.05, 4.69) is 19.2 Å². The van der Waals surface area contributed by atoms with Gasteiger partial charge in [-0.3, -0.25) is 0 Å². The fraction of sp³-hybridized carbons (Fsp3) is 1.00. The minimum atomic E-state index is 0.930. The normalized spacial score (nSPS) is 28.4. The second kappa shape index (κ2) is 4.76. The van der Waals surface area contributed by atoms with Gasteiger partial charge in [-0.15, -0.1) is 0 Å². The zero-order chi connectivity index (χ0) is 8.10. The van der Waals surface area contributed by atoms with Crippen molar-refractivity contribution in [1.82, 2.24) is 5.32 Å². The Labute approximate surface area is 70.6 Å². The lowest BCUT2D eigenvalue weighted by Gasteiger charge is -2.24. The Morgan fingerprint density at radius 3 is 2.91 bits per heavy atom. The van der Waals surface area contributed by atoms with E-state index >= 15 is 0 Å². The zero-order valence-electron chi connectivity index (χ0n) is 7.90. The van der Waals surface area contributed by atoms with Crippen LogP contribution in [0.5, 0.6) is 0 Å². The molecule has 0 radical (unpaired) electrons. The predicted molar refractivity (Wildman–Crippen MR) is 49.7 cm³/mol. The van der Waals surface area contributed by atoms with Crippen molar-refractivity contribution in [3.8, 4) is 0 Å². The molecule has 1 N–H and O–H groups in total. The lowest BCUT2D eigenvalue weighted by atomic mass is 9.89. The van der Waals surface area contributed by atoms with Crippen molar-refractivity contribution in [2.24, 2.45) is 11.8 Å². The average Bonchev–Trinajstić information content (AvgIpc) is 2.06. The van der Waals surface area contributed by atoms with Gasteiger partial charge in [-0.05, 0) is 44.2 Å². The van der Waals surface area contributed by atoms with Gasteiger partial charge < -0.3 is 5.32 Å². The summed E-state index contributed by atoms with van der Waals surface area (Å²) in [4.78, 5) is 0. The molecular weight excluding hydrogens is 134 g/mol. The Morgan fingerprint density at radius 2 is 2.36 bits per heavy atom. The summed E-state index contributed by atoms with van der Waals surface area (Å²) >= 11 is 0. The van der Waals surface area contributed by atoms with Crippen molar-refractivity contribution >= 4 is 0 Å². The van der Waals surface area contributed by atoms with E-state index in [4.69, 9.17) is 0 Å². The fourth-order valence-corrected chi connectivity index (χ4v) is 1.86. The standard InChI is InChI=1S/C10H21N/c1-3-9(2)7-10-5-4-6-11-8-10/h9-11H,3-8H2,1-2H3. The van der Waals surface area contributed by atoms with Crippen molar-refractivity contribution in [3.63, 3.8) is 0 Å². The van der Waals surface area contributed by atoms with Crippen LogP contribution in [0.15, 0.2) is 0 Å². The van der Waals surface area contributed by atoms with Gasteiger partial charge in [-0.1, -0.05) is 20.3 Å². The highest BCUT2D eigenvalue weighted by atomic mass is 14.9. The third-order valence-electron chi connectivity index (χ3n) is 2.83. The van der Waals surface area contributed by atoms with E-state index in [1.807, 2.05) is 0 Å². The molecule has 2 atom stereocenters. The Bertz CT molecular complexity index is 95.0. The van der Waals surface area contributed by atoms with E-state index in [9.17, 15) is 0 Å². The van der Waals surface area contributed by atoms with E-state index in [0.29, 0.717) is 0 Å². The van der Waals surface area contributed by atoms with E-state index < -0.39 is 0 Å². The average molecular weight is 155 g/mol. The first-order valence-electron chi connectivity index (χ1n) is 5.03. The quantitative estimate of drug-likeness (QED) is 0.660. The summed E-state index contributed by atoms with van der Waals surface area (Å²) in [6.45, 7) is 7.18. The summed E-state index contributed by atoms with van der Waals surface area (Å²) < 4.78 is 0. The molecule has 0 saturated carbocycles. The molecule has 1 rings (SSSR count). The molecule has 0 bridgehead atoms. The van der Waals surface area contributed by atoms with Crippen LogP contribution in [0.4, 0.5) is 0 Å². The molecule has 1 heterocycles. The molecule has 66 valence electrons. The second-order valence-corrected chi connectivity index (χ2v) is 3.96. The number of hydrogen-bond acceptors (Lipinski definition) is 1. The molecule has 1 aliphatic rings. The summed E-state index contributed by atoms with van der Waals surface area (Å²) in [7, 11) is 0. The van der Waals surface area contributed by atoms with Crippen molar-refractivity contribution in [2.45, 2.75) is 39.5 Å². The number of hydrogen-bond donors (Lipinski definition) is 1. The van der Waals surface area contributed by atoms with Crippen molar-refractivity contribution in [1.29, 1.82) is 0 Å². The molecule has 11 heavy (non-hydrogen) atoms. The minimum Gasteiger partial charge on any atom is -0.316 e. The first-order chi connectivity index (χ1) is 5.33. The van der Waals surface area contributed by atoms with Crippen molar-refractivity contribution in [2.75, 3.05) is 13.1 Å². The van der Waals surface area contributed by atoms with E-state index in [1.54, 1.807) is 0 Å². The number of rotatable bonds is 3. The molecule has 0 aliphatic carbocycles. The molecule has 1 saturated heterocycles. The van der Waals surface area contributed by atoms with Gasteiger partial charge in [0.25, 0.3) is 0 Å². The van der Waals surface area contributed by atoms with Crippen LogP contribution in [-0.4, -0.2) is 13.1 Å². The van der Waals surface area contributed by atoms with Gasteiger partial charge in [0.15, 0.2) is 0 Å². The van der Waals surface area contributed by atoms with E-state index in [0.717, 1.165) is 11.8 Å². The minimum absolute atomic E-state index is 0.930. The largest absolute Gasteiger partial charge is 0.316 e. The summed E-state index contributed by atoms with van der Waals surface area (Å²) in [6, 6.07) is 0. The van der Waals surface area contributed by atoms with E-state index in [-0.39, 0.29) is 0 Å². The molecule has 1 nitrogen and oxygen atoms in total. The molecule has 1 fully saturated rings. The van der Waals surface area contributed by atoms with E-state index in [1.165, 1.54) is 38.8 Å². The molecular formula is C10H21N. The highest BCUT2D eigenvalue weighted by Crippen LogP contribution is 2.20. The van der Waals surface area contributed by atoms with Gasteiger partial charge in [-0.2, -0.15) is 0 Å². The van der Waals surface area contributed by atoms with Gasteiger partial charge >= 0.3 is 0 Å². The summed E-state index contributed by atoms with van der Waals surface area (Å²) in [6.07, 6.45) is 5.62. The molecule has 0 aromatic carbocycles. The maximum atomic E-state index is 3.46. The van der Waals surface area contributed by atoms with Crippen LogP contribution in [-0.2, 0) is 0 Å². The maximum Gasteiger partial charge on any atom is -0.00204 e. The number of piperidine rings is 1. The lowest BCUT2D eigenvalue weighted by Crippen LogP contribution is -2.30. The van der Waals surface area contributed by atoms with Crippen molar-refractivity contribution in [3.05, 3.63) is 0 Å². The van der Waals surface area contributed by atoms with Gasteiger partial charge in [0.1, 0.15) is 0 Å². The third-order valence-corrected chi connectivity index (χ3v) is 2.83. The molecule has 0 aromatic heterocycles. The zero-order valence-corrected chi connectivity index (χ0v) is 7.90. The summed E-state index contributed by atoms with van der Waals surface area (Å²) in [5.74, 6) is 1.90. The third kappa shape index (κ3) is 3.24. The second-order valence-electron chi connectivity index (χ2n) is 3.96. The van der Waals surface area contributed by atoms with Crippen LogP contribution in [0, 0.1) is 11.8 Å². The highest BCUT2D eigenvalue weighted by molar-refractivity contribution is 4.70. The Kier molecular flexibility index (Phi) is 3.92. The molecule has 1 aliphatic heterocycles. The fourth-order valence-electron chi connectivity index (χ4n) is 1.86. The van der Waals surface area contributed by atoms with Crippen molar-refractivity contribution < 1.29 is 0 Å². The van der Waals surface area contributed by atoms with Crippen LogP contribution in [0.1, 0.15) is 39.5 Å². The van der Waals surface area contributed by atoms with Gasteiger partial charge in [0, 0.05) is 0 Å². The topological polar surface area (TPSA) is 12.0 Å². The predicted octanol–water partition coefficient (Wildman–Crippen LogP) is 2.42. The maximum absolute atomic E-state index is 3.46. The smallest absolute Gasteiger partial charge is 0.00204 e. The molecule has 1 heteroatoms. The van der Waals surface area contributed by atoms with Gasteiger partial charge in [-0.25, -0.2) is 0 Å². The van der Waals surface area contributed by atoms with Gasteiger partial charge in [0.05, 0.1) is 0 Å². The van der Waals surface area contributed by atoms with Crippen LogP contribution in [0.3, 0.4) is 0 Å². The Balaban J connectivity index is 2.13. The Morgan fingerprint density at radius 1 is 1.55 bits per heavy atom. The Hall–Kier alpha value is -0.0400.